The van der Waals surface area contributed by atoms with Crippen molar-refractivity contribution in [3.8, 4) is 5.88 Å². The topological polar surface area (TPSA) is 57.4 Å². The Balaban J connectivity index is 2.54. The Hall–Kier alpha value is -1.13. The van der Waals surface area contributed by atoms with Gasteiger partial charge in [-0.05, 0) is 38.8 Å². The first kappa shape index (κ1) is 15.9. The number of aryl methyl sites for hydroxylation is 1. The monoisotopic (exact) mass is 266 g/mol. The van der Waals surface area contributed by atoms with Crippen LogP contribution < -0.4 is 10.5 Å². The summed E-state index contributed by atoms with van der Waals surface area (Å²) in [5.41, 5.74) is 7.65. The molecule has 0 fully saturated rings. The summed E-state index contributed by atoms with van der Waals surface area (Å²) in [6, 6.07) is 3.94. The molecule has 1 aromatic rings. The molecular formula is C15H26N2O2. The summed E-state index contributed by atoms with van der Waals surface area (Å²) in [5, 5.41) is 0. The molecule has 2 N–H and O–H groups in total. The van der Waals surface area contributed by atoms with Gasteiger partial charge < -0.3 is 15.2 Å². The molecule has 0 spiro atoms. The van der Waals surface area contributed by atoms with Gasteiger partial charge in [-0.15, -0.1) is 0 Å². The van der Waals surface area contributed by atoms with Gasteiger partial charge in [-0.2, -0.15) is 0 Å². The Morgan fingerprint density at radius 2 is 1.95 bits per heavy atom. The number of rotatable bonds is 7. The lowest BCUT2D eigenvalue weighted by Gasteiger charge is -2.19. The Morgan fingerprint density at radius 3 is 2.53 bits per heavy atom. The molecule has 0 aromatic carbocycles. The molecule has 0 aliphatic heterocycles. The van der Waals surface area contributed by atoms with E-state index in [4.69, 9.17) is 15.2 Å². The normalized spacial score (nSPS) is 11.6. The van der Waals surface area contributed by atoms with Crippen LogP contribution in [-0.4, -0.2) is 23.8 Å². The summed E-state index contributed by atoms with van der Waals surface area (Å²) in [4.78, 5) is 4.47. The van der Waals surface area contributed by atoms with E-state index in [0.717, 1.165) is 24.1 Å². The van der Waals surface area contributed by atoms with E-state index in [0.29, 0.717) is 25.6 Å². The number of ether oxygens (including phenoxy) is 2. The van der Waals surface area contributed by atoms with Gasteiger partial charge in [0.1, 0.15) is 6.61 Å². The second kappa shape index (κ2) is 7.46. The summed E-state index contributed by atoms with van der Waals surface area (Å²) in [6.07, 6.45) is 2.01. The summed E-state index contributed by atoms with van der Waals surface area (Å²) in [7, 11) is 0. The van der Waals surface area contributed by atoms with E-state index in [-0.39, 0.29) is 5.60 Å². The number of hydrogen-bond acceptors (Lipinski definition) is 4. The molecular weight excluding hydrogens is 240 g/mol. The molecule has 1 aromatic heterocycles. The Bertz CT molecular complexity index is 386. The van der Waals surface area contributed by atoms with E-state index in [1.165, 1.54) is 0 Å². The van der Waals surface area contributed by atoms with Crippen molar-refractivity contribution in [1.29, 1.82) is 0 Å². The maximum absolute atomic E-state index is 5.69. The van der Waals surface area contributed by atoms with Gasteiger partial charge >= 0.3 is 0 Å². The third kappa shape index (κ3) is 6.55. The average molecular weight is 266 g/mol. The van der Waals surface area contributed by atoms with E-state index in [2.05, 4.69) is 11.9 Å². The van der Waals surface area contributed by atoms with Crippen LogP contribution in [0.25, 0.3) is 0 Å². The van der Waals surface area contributed by atoms with Gasteiger partial charge in [0.2, 0.25) is 5.88 Å². The zero-order chi connectivity index (χ0) is 14.3. The highest BCUT2D eigenvalue weighted by Gasteiger charge is 2.09. The van der Waals surface area contributed by atoms with Crippen LogP contribution >= 0.6 is 0 Å². The molecule has 0 amide bonds. The van der Waals surface area contributed by atoms with E-state index in [9.17, 15) is 0 Å². The highest BCUT2D eigenvalue weighted by atomic mass is 16.5. The van der Waals surface area contributed by atoms with Crippen LogP contribution in [-0.2, 0) is 17.7 Å². The Kier molecular flexibility index (Phi) is 6.25. The highest BCUT2D eigenvalue weighted by molar-refractivity contribution is 5.25. The van der Waals surface area contributed by atoms with Gasteiger partial charge in [-0.3, -0.25) is 0 Å². The van der Waals surface area contributed by atoms with Gasteiger partial charge in [-0.1, -0.05) is 13.3 Å². The predicted octanol–water partition coefficient (Wildman–Crippen LogP) is 2.69. The molecule has 19 heavy (non-hydrogen) atoms. The SMILES string of the molecule is CCCc1cc(CN)cc(OCCOC(C)(C)C)n1. The van der Waals surface area contributed by atoms with Crippen molar-refractivity contribution in [2.75, 3.05) is 13.2 Å². The molecule has 0 aliphatic rings. The zero-order valence-corrected chi connectivity index (χ0v) is 12.5. The van der Waals surface area contributed by atoms with Crippen LogP contribution in [0.15, 0.2) is 12.1 Å². The van der Waals surface area contributed by atoms with Crippen LogP contribution in [0.3, 0.4) is 0 Å². The van der Waals surface area contributed by atoms with Gasteiger partial charge in [0.25, 0.3) is 0 Å². The quantitative estimate of drug-likeness (QED) is 0.771. The van der Waals surface area contributed by atoms with Crippen molar-refractivity contribution in [3.05, 3.63) is 23.4 Å². The lowest BCUT2D eigenvalue weighted by atomic mass is 10.1. The molecule has 0 unspecified atom stereocenters. The number of hydrogen-bond donors (Lipinski definition) is 1. The van der Waals surface area contributed by atoms with Crippen molar-refractivity contribution >= 4 is 0 Å². The lowest BCUT2D eigenvalue weighted by molar-refractivity contribution is -0.0168. The largest absolute Gasteiger partial charge is 0.475 e. The molecule has 0 atom stereocenters. The van der Waals surface area contributed by atoms with Crippen LogP contribution in [0.4, 0.5) is 0 Å². The molecule has 0 saturated heterocycles. The lowest BCUT2D eigenvalue weighted by Crippen LogP contribution is -2.22. The molecule has 4 nitrogen and oxygen atoms in total. The van der Waals surface area contributed by atoms with Crippen LogP contribution in [0.5, 0.6) is 5.88 Å². The first-order chi connectivity index (χ1) is 8.94. The van der Waals surface area contributed by atoms with Crippen LogP contribution in [0.1, 0.15) is 45.4 Å². The summed E-state index contributed by atoms with van der Waals surface area (Å²) in [6.45, 7) is 9.78. The van der Waals surface area contributed by atoms with Crippen molar-refractivity contribution < 1.29 is 9.47 Å². The minimum atomic E-state index is -0.136. The summed E-state index contributed by atoms with van der Waals surface area (Å²) < 4.78 is 11.2. The van der Waals surface area contributed by atoms with E-state index < -0.39 is 0 Å². The minimum Gasteiger partial charge on any atom is -0.475 e. The molecule has 108 valence electrons. The fraction of sp³-hybridized carbons (Fsp3) is 0.667. The average Bonchev–Trinajstić information content (AvgIpc) is 2.34. The smallest absolute Gasteiger partial charge is 0.213 e. The van der Waals surface area contributed by atoms with Gasteiger partial charge in [0.05, 0.1) is 12.2 Å². The first-order valence-electron chi connectivity index (χ1n) is 6.91. The van der Waals surface area contributed by atoms with Gasteiger partial charge in [0, 0.05) is 18.3 Å². The molecule has 1 rings (SSSR count). The van der Waals surface area contributed by atoms with Crippen molar-refractivity contribution in [1.82, 2.24) is 4.98 Å². The van der Waals surface area contributed by atoms with Gasteiger partial charge in [0.15, 0.2) is 0 Å². The Morgan fingerprint density at radius 1 is 1.21 bits per heavy atom. The number of nitrogens with zero attached hydrogens (tertiary/aromatic N) is 1. The predicted molar refractivity (Wildman–Crippen MR) is 77.3 cm³/mol. The van der Waals surface area contributed by atoms with Gasteiger partial charge in [-0.25, -0.2) is 4.98 Å². The molecule has 0 aliphatic carbocycles. The maximum Gasteiger partial charge on any atom is 0.213 e. The molecule has 0 radical (unpaired) electrons. The second-order valence-electron chi connectivity index (χ2n) is 5.57. The standard InChI is InChI=1S/C15H26N2O2/c1-5-6-13-9-12(11-16)10-14(17-13)18-7-8-19-15(2,3)4/h9-10H,5-8,11,16H2,1-4H3. The number of aromatic nitrogens is 1. The van der Waals surface area contributed by atoms with Crippen molar-refractivity contribution in [3.63, 3.8) is 0 Å². The second-order valence-corrected chi connectivity index (χ2v) is 5.57. The molecule has 0 bridgehead atoms. The Labute approximate surface area is 116 Å². The van der Waals surface area contributed by atoms with Crippen LogP contribution in [0.2, 0.25) is 0 Å². The molecule has 0 saturated carbocycles. The first-order valence-corrected chi connectivity index (χ1v) is 6.91. The molecule has 4 heteroatoms. The zero-order valence-electron chi connectivity index (χ0n) is 12.5. The highest BCUT2D eigenvalue weighted by Crippen LogP contribution is 2.14. The van der Waals surface area contributed by atoms with E-state index in [1.54, 1.807) is 0 Å². The maximum atomic E-state index is 5.69. The van der Waals surface area contributed by atoms with Crippen molar-refractivity contribution in [2.24, 2.45) is 5.73 Å². The van der Waals surface area contributed by atoms with E-state index in [1.807, 2.05) is 32.9 Å². The fourth-order valence-electron chi connectivity index (χ4n) is 1.69. The van der Waals surface area contributed by atoms with Crippen molar-refractivity contribution in [2.45, 2.75) is 52.7 Å². The third-order valence-electron chi connectivity index (χ3n) is 2.52. The number of nitrogens with two attached hydrogens (primary N) is 1. The van der Waals surface area contributed by atoms with E-state index >= 15 is 0 Å². The van der Waals surface area contributed by atoms with Crippen LogP contribution in [0, 0.1) is 0 Å². The summed E-state index contributed by atoms with van der Waals surface area (Å²) in [5.74, 6) is 0.643. The number of pyridine rings is 1. The molecule has 1 heterocycles. The fourth-order valence-corrected chi connectivity index (χ4v) is 1.69. The minimum absolute atomic E-state index is 0.136. The summed E-state index contributed by atoms with van der Waals surface area (Å²) >= 11 is 0. The third-order valence-corrected chi connectivity index (χ3v) is 2.52.